The lowest BCUT2D eigenvalue weighted by atomic mass is 9.43. The molecule has 2 N–H and O–H groups in total. The molecule has 190 valence electrons. The van der Waals surface area contributed by atoms with Crippen molar-refractivity contribution in [3.05, 3.63) is 11.1 Å². The third-order valence-corrected chi connectivity index (χ3v) is 11.9. The molecule has 0 aromatic heterocycles. The number of rotatable bonds is 5. The van der Waals surface area contributed by atoms with E-state index in [4.69, 9.17) is 0 Å². The van der Waals surface area contributed by atoms with E-state index in [1.165, 1.54) is 25.7 Å². The maximum Gasteiger partial charge on any atom is 0.127 e. The van der Waals surface area contributed by atoms with Gasteiger partial charge in [-0.25, -0.2) is 4.39 Å². The number of hydrogen-bond donors (Lipinski definition) is 2. The van der Waals surface area contributed by atoms with E-state index in [1.54, 1.807) is 11.1 Å². The normalized spacial score (nSPS) is 45.9. The van der Waals surface area contributed by atoms with Gasteiger partial charge in [0.15, 0.2) is 0 Å². The summed E-state index contributed by atoms with van der Waals surface area (Å²) in [5, 5.41) is 20.9. The fraction of sp³-hybridized carbons (Fsp3) is 0.933. The van der Waals surface area contributed by atoms with Gasteiger partial charge in [0, 0.05) is 0 Å². The average molecular weight is 463 g/mol. The molecule has 0 bridgehead atoms. The van der Waals surface area contributed by atoms with Gasteiger partial charge < -0.3 is 10.2 Å². The smallest absolute Gasteiger partial charge is 0.127 e. The SMILES string of the molecule is C[C@H](CCCC(C)(C)O)[C@H]1CC[C@@]2(C)C3=C(CC[C@]12C)[C@@]1(C)C[C@@H](F)[C@H](O)C(C)(C)C1CC3. The van der Waals surface area contributed by atoms with E-state index >= 15 is 4.39 Å². The van der Waals surface area contributed by atoms with E-state index in [2.05, 4.69) is 41.5 Å². The van der Waals surface area contributed by atoms with Crippen molar-refractivity contribution in [2.75, 3.05) is 0 Å². The van der Waals surface area contributed by atoms with E-state index in [0.29, 0.717) is 23.7 Å². The van der Waals surface area contributed by atoms with Gasteiger partial charge in [-0.05, 0) is 105 Å². The van der Waals surface area contributed by atoms with Gasteiger partial charge in [0.25, 0.3) is 0 Å². The molecule has 0 amide bonds. The first-order valence-corrected chi connectivity index (χ1v) is 13.9. The maximum absolute atomic E-state index is 15.2. The number of aliphatic hydroxyl groups excluding tert-OH is 1. The highest BCUT2D eigenvalue weighted by Gasteiger charge is 2.64. The molecule has 0 heterocycles. The van der Waals surface area contributed by atoms with Crippen LogP contribution in [0.4, 0.5) is 4.39 Å². The lowest BCUT2D eigenvalue weighted by Gasteiger charge is -2.62. The molecule has 8 atom stereocenters. The van der Waals surface area contributed by atoms with Crippen molar-refractivity contribution in [1.82, 2.24) is 0 Å². The number of aliphatic hydroxyl groups is 2. The van der Waals surface area contributed by atoms with Crippen LogP contribution < -0.4 is 0 Å². The molecule has 2 saturated carbocycles. The lowest BCUT2D eigenvalue weighted by Crippen LogP contribution is -2.58. The van der Waals surface area contributed by atoms with Crippen molar-refractivity contribution >= 4 is 0 Å². The van der Waals surface area contributed by atoms with Gasteiger partial charge in [0.2, 0.25) is 0 Å². The van der Waals surface area contributed by atoms with E-state index in [0.717, 1.165) is 38.0 Å². The van der Waals surface area contributed by atoms with Crippen LogP contribution in [0.25, 0.3) is 0 Å². The molecular weight excluding hydrogens is 411 g/mol. The summed E-state index contributed by atoms with van der Waals surface area (Å²) in [6.45, 7) is 18.0. The Labute approximate surface area is 202 Å². The first kappa shape index (κ1) is 25.7. The van der Waals surface area contributed by atoms with Gasteiger partial charge in [-0.2, -0.15) is 0 Å². The Morgan fingerprint density at radius 1 is 1.03 bits per heavy atom. The number of fused-ring (bicyclic) bond motifs is 4. The van der Waals surface area contributed by atoms with Crippen LogP contribution in [0.15, 0.2) is 11.1 Å². The number of alkyl halides is 1. The van der Waals surface area contributed by atoms with Crippen molar-refractivity contribution in [1.29, 1.82) is 0 Å². The van der Waals surface area contributed by atoms with E-state index in [1.807, 2.05) is 13.8 Å². The molecule has 2 fully saturated rings. The van der Waals surface area contributed by atoms with Gasteiger partial charge in [-0.15, -0.1) is 0 Å². The maximum atomic E-state index is 15.2. The number of allylic oxidation sites excluding steroid dienone is 2. The molecule has 3 heteroatoms. The Hall–Kier alpha value is -0.410. The zero-order valence-corrected chi connectivity index (χ0v) is 22.7. The summed E-state index contributed by atoms with van der Waals surface area (Å²) >= 11 is 0. The van der Waals surface area contributed by atoms with Gasteiger partial charge in [-0.1, -0.05) is 65.5 Å². The van der Waals surface area contributed by atoms with Gasteiger partial charge >= 0.3 is 0 Å². The van der Waals surface area contributed by atoms with Crippen molar-refractivity contribution in [2.24, 2.45) is 39.4 Å². The van der Waals surface area contributed by atoms with Crippen LogP contribution in [0.2, 0.25) is 0 Å². The molecular formula is C30H51FO2. The number of hydrogen-bond acceptors (Lipinski definition) is 2. The van der Waals surface area contributed by atoms with E-state index < -0.39 is 17.9 Å². The second-order valence-electron chi connectivity index (χ2n) is 14.5. The molecule has 0 spiro atoms. The van der Waals surface area contributed by atoms with Crippen LogP contribution >= 0.6 is 0 Å². The third kappa shape index (κ3) is 3.78. The van der Waals surface area contributed by atoms with Crippen LogP contribution in [0, 0.1) is 39.4 Å². The van der Waals surface area contributed by atoms with Crippen molar-refractivity contribution in [2.45, 2.75) is 137 Å². The minimum absolute atomic E-state index is 0.115. The standard InChI is InChI=1S/C30H51FO2/c1-19(10-9-15-26(2,3)33)20-13-16-30(8)22-11-12-24-27(4,5)25(32)23(31)18-28(24,6)21(22)14-17-29(20,30)7/h19-20,23-25,32-33H,9-18H2,1-8H3/t19-,20-,23-,24?,25+,28-,29-,30+/m1/s1. The molecule has 4 aliphatic rings. The first-order valence-electron chi connectivity index (χ1n) is 13.9. The Kier molecular flexibility index (Phi) is 6.26. The van der Waals surface area contributed by atoms with E-state index in [-0.39, 0.29) is 16.2 Å². The molecule has 0 saturated heterocycles. The van der Waals surface area contributed by atoms with Gasteiger partial charge in [0.05, 0.1) is 11.7 Å². The quantitative estimate of drug-likeness (QED) is 0.412. The molecule has 4 aliphatic carbocycles. The molecule has 2 nitrogen and oxygen atoms in total. The highest BCUT2D eigenvalue weighted by atomic mass is 19.1. The predicted molar refractivity (Wildman–Crippen MR) is 135 cm³/mol. The van der Waals surface area contributed by atoms with Crippen LogP contribution in [-0.4, -0.2) is 28.1 Å². The largest absolute Gasteiger partial charge is 0.390 e. The highest BCUT2D eigenvalue weighted by molar-refractivity contribution is 5.39. The van der Waals surface area contributed by atoms with Crippen molar-refractivity contribution in [3.63, 3.8) is 0 Å². The zero-order valence-electron chi connectivity index (χ0n) is 22.7. The zero-order chi connectivity index (χ0) is 24.6. The van der Waals surface area contributed by atoms with Crippen LogP contribution in [0.3, 0.4) is 0 Å². The summed E-state index contributed by atoms with van der Waals surface area (Å²) in [5.41, 5.74) is 2.73. The summed E-state index contributed by atoms with van der Waals surface area (Å²) in [7, 11) is 0. The van der Waals surface area contributed by atoms with Crippen LogP contribution in [-0.2, 0) is 0 Å². The summed E-state index contributed by atoms with van der Waals surface area (Å²) in [6.07, 6.45) is 8.79. The molecule has 0 aromatic carbocycles. The molecule has 33 heavy (non-hydrogen) atoms. The molecule has 0 aliphatic heterocycles. The Morgan fingerprint density at radius 3 is 2.33 bits per heavy atom. The predicted octanol–water partition coefficient (Wildman–Crippen LogP) is 7.62. The summed E-state index contributed by atoms with van der Waals surface area (Å²) < 4.78 is 15.2. The molecule has 1 unspecified atom stereocenters. The van der Waals surface area contributed by atoms with E-state index in [9.17, 15) is 10.2 Å². The second kappa shape index (κ2) is 8.05. The topological polar surface area (TPSA) is 40.5 Å². The Balaban J connectivity index is 1.62. The van der Waals surface area contributed by atoms with Crippen LogP contribution in [0.1, 0.15) is 120 Å². The lowest BCUT2D eigenvalue weighted by molar-refractivity contribution is -0.135. The van der Waals surface area contributed by atoms with Crippen LogP contribution in [0.5, 0.6) is 0 Å². The summed E-state index contributed by atoms with van der Waals surface area (Å²) in [4.78, 5) is 0. The average Bonchev–Trinajstić information content (AvgIpc) is 2.97. The fourth-order valence-electron chi connectivity index (χ4n) is 9.78. The molecule has 4 rings (SSSR count). The minimum Gasteiger partial charge on any atom is -0.390 e. The Bertz CT molecular complexity index is 794. The molecule has 0 radical (unpaired) electrons. The monoisotopic (exact) mass is 462 g/mol. The van der Waals surface area contributed by atoms with Crippen molar-refractivity contribution < 1.29 is 14.6 Å². The van der Waals surface area contributed by atoms with Gasteiger partial charge in [-0.3, -0.25) is 0 Å². The third-order valence-electron chi connectivity index (χ3n) is 11.9. The Morgan fingerprint density at radius 2 is 1.70 bits per heavy atom. The summed E-state index contributed by atoms with van der Waals surface area (Å²) in [6, 6.07) is 0. The first-order chi connectivity index (χ1) is 15.1. The van der Waals surface area contributed by atoms with Gasteiger partial charge in [0.1, 0.15) is 6.17 Å². The fourth-order valence-corrected chi connectivity index (χ4v) is 9.78. The minimum atomic E-state index is -1.12. The second-order valence-corrected chi connectivity index (χ2v) is 14.5. The van der Waals surface area contributed by atoms with Crippen molar-refractivity contribution in [3.8, 4) is 0 Å². The molecule has 0 aromatic rings. The number of halogens is 1. The highest BCUT2D eigenvalue weighted by Crippen LogP contribution is 2.72. The summed E-state index contributed by atoms with van der Waals surface area (Å²) in [5.74, 6) is 1.76.